The molecule has 0 aliphatic rings. The van der Waals surface area contributed by atoms with E-state index in [4.69, 9.17) is 18.9 Å². The van der Waals surface area contributed by atoms with E-state index in [9.17, 15) is 18.8 Å². The van der Waals surface area contributed by atoms with Crippen molar-refractivity contribution in [2.45, 2.75) is 6.92 Å². The number of aromatic nitrogens is 2. The van der Waals surface area contributed by atoms with Crippen LogP contribution in [0.4, 0.5) is 9.39 Å². The number of carbonyl (C=O) groups is 2. The van der Waals surface area contributed by atoms with E-state index in [1.54, 1.807) is 19.1 Å². The number of methoxy groups -OCH3 is 3. The molecule has 4 aromatic rings. The SMILES string of the molecule is CCOC(=O)c1nn(-c2ccccc2F)c(=O)c2c(NC(=O)/C=C/c3cc(OC)c(OC)c(OC)c3)scc12. The lowest BCUT2D eigenvalue weighted by atomic mass is 10.1. The third kappa shape index (κ3) is 5.46. The number of halogens is 1. The first kappa shape index (κ1) is 27.3. The summed E-state index contributed by atoms with van der Waals surface area (Å²) in [5.74, 6) is -0.828. The molecule has 0 radical (unpaired) electrons. The van der Waals surface area contributed by atoms with Crippen molar-refractivity contribution in [2.75, 3.05) is 33.3 Å². The number of nitrogens with one attached hydrogen (secondary N) is 1. The highest BCUT2D eigenvalue weighted by atomic mass is 32.1. The zero-order chi connectivity index (χ0) is 28.1. The van der Waals surface area contributed by atoms with Gasteiger partial charge in [0.15, 0.2) is 17.2 Å². The Morgan fingerprint density at radius 2 is 1.79 bits per heavy atom. The van der Waals surface area contributed by atoms with E-state index in [0.29, 0.717) is 22.8 Å². The van der Waals surface area contributed by atoms with Crippen molar-refractivity contribution in [3.63, 3.8) is 0 Å². The summed E-state index contributed by atoms with van der Waals surface area (Å²) in [5.41, 5.74) is -0.458. The molecule has 202 valence electrons. The fraction of sp³-hybridized carbons (Fsp3) is 0.185. The minimum Gasteiger partial charge on any atom is -0.493 e. The first-order valence-corrected chi connectivity index (χ1v) is 12.5. The van der Waals surface area contributed by atoms with Crippen LogP contribution in [0.1, 0.15) is 23.0 Å². The Balaban J connectivity index is 1.74. The Labute approximate surface area is 226 Å². The molecule has 0 spiro atoms. The van der Waals surface area contributed by atoms with E-state index in [-0.39, 0.29) is 33.8 Å². The van der Waals surface area contributed by atoms with Crippen molar-refractivity contribution in [2.24, 2.45) is 0 Å². The van der Waals surface area contributed by atoms with Gasteiger partial charge in [-0.2, -0.15) is 9.78 Å². The molecule has 0 bridgehead atoms. The standard InChI is InChI=1S/C27H24FN3O7S/c1-5-38-27(34)23-16-14-39-25(22(16)26(33)31(30-23)18-9-7-6-8-17(18)28)29-21(32)11-10-15-12-19(35-2)24(37-4)20(13-15)36-3/h6-14H,5H2,1-4H3,(H,29,32)/b11-10+. The van der Waals surface area contributed by atoms with Gasteiger partial charge in [0, 0.05) is 16.8 Å². The number of benzene rings is 2. The number of rotatable bonds is 9. The maximum atomic E-state index is 14.6. The van der Waals surface area contributed by atoms with Gasteiger partial charge in [0.25, 0.3) is 5.56 Å². The Bertz CT molecular complexity index is 1620. The quantitative estimate of drug-likeness (QED) is 0.239. The summed E-state index contributed by atoms with van der Waals surface area (Å²) >= 11 is 1.02. The lowest BCUT2D eigenvalue weighted by Gasteiger charge is -2.12. The molecule has 12 heteroatoms. The van der Waals surface area contributed by atoms with Crippen LogP contribution in [-0.2, 0) is 9.53 Å². The van der Waals surface area contributed by atoms with Crippen LogP contribution in [0.2, 0.25) is 0 Å². The van der Waals surface area contributed by atoms with Gasteiger partial charge in [-0.05, 0) is 42.8 Å². The lowest BCUT2D eigenvalue weighted by molar-refractivity contribution is -0.111. The van der Waals surface area contributed by atoms with E-state index in [2.05, 4.69) is 10.4 Å². The van der Waals surface area contributed by atoms with Crippen molar-refractivity contribution in [3.05, 3.63) is 75.3 Å². The number of nitrogens with zero attached hydrogens (tertiary/aromatic N) is 2. The van der Waals surface area contributed by atoms with Crippen LogP contribution < -0.4 is 25.1 Å². The van der Waals surface area contributed by atoms with Crippen molar-refractivity contribution < 1.29 is 32.9 Å². The summed E-state index contributed by atoms with van der Waals surface area (Å²) in [6.07, 6.45) is 2.79. The predicted molar refractivity (Wildman–Crippen MR) is 145 cm³/mol. The number of hydrogen-bond donors (Lipinski definition) is 1. The van der Waals surface area contributed by atoms with E-state index in [1.165, 1.54) is 63.1 Å². The monoisotopic (exact) mass is 553 g/mol. The molecule has 0 saturated heterocycles. The molecule has 2 aromatic carbocycles. The number of fused-ring (bicyclic) bond motifs is 1. The average molecular weight is 554 g/mol. The van der Waals surface area contributed by atoms with Gasteiger partial charge in [-0.1, -0.05) is 12.1 Å². The van der Waals surface area contributed by atoms with Gasteiger partial charge in [-0.25, -0.2) is 9.18 Å². The van der Waals surface area contributed by atoms with Gasteiger partial charge >= 0.3 is 5.97 Å². The summed E-state index contributed by atoms with van der Waals surface area (Å²) in [6, 6.07) is 8.85. The topological polar surface area (TPSA) is 118 Å². The predicted octanol–water partition coefficient (Wildman–Crippen LogP) is 4.44. The minimum atomic E-state index is -0.787. The summed E-state index contributed by atoms with van der Waals surface area (Å²) in [6.45, 7) is 1.70. The minimum absolute atomic E-state index is 0.00385. The van der Waals surface area contributed by atoms with Crippen LogP contribution in [0.3, 0.4) is 0 Å². The molecule has 0 fully saturated rings. The van der Waals surface area contributed by atoms with Crippen LogP contribution in [0.25, 0.3) is 22.5 Å². The second-order valence-electron chi connectivity index (χ2n) is 7.87. The zero-order valence-electron chi connectivity index (χ0n) is 21.4. The smallest absolute Gasteiger partial charge is 0.359 e. The van der Waals surface area contributed by atoms with Crippen LogP contribution in [0.15, 0.2) is 52.6 Å². The molecular formula is C27H24FN3O7S. The normalized spacial score (nSPS) is 11.0. The van der Waals surface area contributed by atoms with Crippen LogP contribution >= 0.6 is 11.3 Å². The molecule has 2 aromatic heterocycles. The Morgan fingerprint density at radius 1 is 1.10 bits per heavy atom. The summed E-state index contributed by atoms with van der Waals surface area (Å²) in [4.78, 5) is 38.9. The lowest BCUT2D eigenvalue weighted by Crippen LogP contribution is -2.26. The van der Waals surface area contributed by atoms with E-state index in [1.807, 2.05) is 0 Å². The number of carbonyl (C=O) groups excluding carboxylic acids is 2. The van der Waals surface area contributed by atoms with E-state index >= 15 is 0 Å². The molecular weight excluding hydrogens is 529 g/mol. The first-order chi connectivity index (χ1) is 18.8. The van der Waals surface area contributed by atoms with Gasteiger partial charge in [0.05, 0.1) is 33.3 Å². The molecule has 0 saturated carbocycles. The molecule has 39 heavy (non-hydrogen) atoms. The van der Waals surface area contributed by atoms with Crippen molar-refractivity contribution in [3.8, 4) is 22.9 Å². The van der Waals surface area contributed by atoms with Gasteiger partial charge in [-0.15, -0.1) is 11.3 Å². The second-order valence-corrected chi connectivity index (χ2v) is 8.75. The highest BCUT2D eigenvalue weighted by molar-refractivity contribution is 7.16. The zero-order valence-corrected chi connectivity index (χ0v) is 22.3. The molecule has 0 aliphatic heterocycles. The van der Waals surface area contributed by atoms with Crippen molar-refractivity contribution in [1.29, 1.82) is 0 Å². The molecule has 10 nitrogen and oxygen atoms in total. The molecule has 1 amide bonds. The van der Waals surface area contributed by atoms with Crippen molar-refractivity contribution >= 4 is 45.1 Å². The van der Waals surface area contributed by atoms with Crippen molar-refractivity contribution in [1.82, 2.24) is 9.78 Å². The fourth-order valence-electron chi connectivity index (χ4n) is 3.80. The number of anilines is 1. The summed E-state index contributed by atoms with van der Waals surface area (Å²) in [7, 11) is 4.44. The number of ether oxygens (including phenoxy) is 4. The molecule has 1 N–H and O–H groups in total. The van der Waals surface area contributed by atoms with E-state index in [0.717, 1.165) is 16.0 Å². The Morgan fingerprint density at radius 3 is 2.41 bits per heavy atom. The third-order valence-corrected chi connectivity index (χ3v) is 6.45. The number of esters is 1. The molecule has 2 heterocycles. The largest absolute Gasteiger partial charge is 0.493 e. The number of thiophene rings is 1. The average Bonchev–Trinajstić information content (AvgIpc) is 3.35. The molecule has 4 rings (SSSR count). The summed E-state index contributed by atoms with van der Waals surface area (Å²) in [5, 5.41) is 8.62. The molecule has 0 unspecified atom stereocenters. The summed E-state index contributed by atoms with van der Waals surface area (Å²) < 4.78 is 36.4. The maximum absolute atomic E-state index is 14.6. The Kier molecular flexibility index (Phi) is 8.25. The highest BCUT2D eigenvalue weighted by Crippen LogP contribution is 2.38. The maximum Gasteiger partial charge on any atom is 0.359 e. The number of amides is 1. The molecule has 0 aliphatic carbocycles. The van der Waals surface area contributed by atoms with E-state index < -0.39 is 23.3 Å². The van der Waals surface area contributed by atoms with Gasteiger partial charge in [0.2, 0.25) is 11.7 Å². The number of para-hydroxylation sites is 1. The van der Waals surface area contributed by atoms with Gasteiger partial charge in [0.1, 0.15) is 16.5 Å². The highest BCUT2D eigenvalue weighted by Gasteiger charge is 2.24. The molecule has 0 atom stereocenters. The van der Waals surface area contributed by atoms with Gasteiger partial charge < -0.3 is 24.3 Å². The van der Waals surface area contributed by atoms with Crippen LogP contribution in [0.5, 0.6) is 17.2 Å². The third-order valence-electron chi connectivity index (χ3n) is 5.55. The second kappa shape index (κ2) is 11.8. The van der Waals surface area contributed by atoms with Gasteiger partial charge in [-0.3, -0.25) is 9.59 Å². The Hall–Kier alpha value is -4.71. The number of hydrogen-bond acceptors (Lipinski definition) is 9. The fourth-order valence-corrected chi connectivity index (χ4v) is 4.74. The first-order valence-electron chi connectivity index (χ1n) is 11.6. The van der Waals surface area contributed by atoms with Crippen LogP contribution in [-0.4, -0.2) is 49.6 Å². The van der Waals surface area contributed by atoms with Crippen LogP contribution in [0, 0.1) is 5.82 Å².